The van der Waals surface area contributed by atoms with Crippen LogP contribution in [0.3, 0.4) is 0 Å². The van der Waals surface area contributed by atoms with Crippen molar-refractivity contribution in [2.45, 2.75) is 26.3 Å². The predicted molar refractivity (Wildman–Crippen MR) is 113 cm³/mol. The van der Waals surface area contributed by atoms with Crippen LogP contribution in [0.5, 0.6) is 5.75 Å². The highest BCUT2D eigenvalue weighted by molar-refractivity contribution is 5.91. The molecule has 0 atom stereocenters. The summed E-state index contributed by atoms with van der Waals surface area (Å²) in [6.45, 7) is 4.30. The largest absolute Gasteiger partial charge is 0.494 e. The number of benzene rings is 1. The van der Waals surface area contributed by atoms with Gasteiger partial charge >= 0.3 is 5.97 Å². The first kappa shape index (κ1) is 20.8. The maximum Gasteiger partial charge on any atom is 0.307 e. The highest BCUT2D eigenvalue weighted by atomic mass is 16.5. The van der Waals surface area contributed by atoms with Gasteiger partial charge in [0.1, 0.15) is 11.4 Å². The average Bonchev–Trinajstić information content (AvgIpc) is 3.09. The van der Waals surface area contributed by atoms with Gasteiger partial charge in [-0.2, -0.15) is 5.10 Å². The van der Waals surface area contributed by atoms with Crippen molar-refractivity contribution < 1.29 is 14.3 Å². The Hall–Kier alpha value is -2.93. The highest BCUT2D eigenvalue weighted by Crippen LogP contribution is 2.28. The van der Waals surface area contributed by atoms with Gasteiger partial charge in [-0.15, -0.1) is 0 Å². The van der Waals surface area contributed by atoms with Crippen molar-refractivity contribution in [3.05, 3.63) is 42.6 Å². The van der Waals surface area contributed by atoms with Crippen LogP contribution < -0.4 is 4.74 Å². The van der Waals surface area contributed by atoms with Gasteiger partial charge in [-0.3, -0.25) is 4.79 Å². The molecule has 7 heteroatoms. The summed E-state index contributed by atoms with van der Waals surface area (Å²) < 4.78 is 12.6. The minimum absolute atomic E-state index is 0.232. The van der Waals surface area contributed by atoms with Crippen LogP contribution in [0.4, 0.5) is 0 Å². The lowest BCUT2D eigenvalue weighted by atomic mass is 10.1. The Balaban J connectivity index is 1.74. The molecule has 0 spiro atoms. The van der Waals surface area contributed by atoms with E-state index >= 15 is 0 Å². The number of aromatic nitrogens is 3. The molecule has 0 aliphatic rings. The first-order valence-corrected chi connectivity index (χ1v) is 9.93. The molecule has 0 radical (unpaired) electrons. The number of carbonyl (C=O) groups is 1. The van der Waals surface area contributed by atoms with E-state index < -0.39 is 0 Å². The minimum Gasteiger partial charge on any atom is -0.494 e. The molecule has 29 heavy (non-hydrogen) atoms. The molecule has 0 unspecified atom stereocenters. The van der Waals surface area contributed by atoms with Gasteiger partial charge in [-0.05, 0) is 63.8 Å². The van der Waals surface area contributed by atoms with Crippen LogP contribution in [-0.4, -0.2) is 59.5 Å². The zero-order chi connectivity index (χ0) is 20.6. The smallest absolute Gasteiger partial charge is 0.307 e. The van der Waals surface area contributed by atoms with Crippen LogP contribution in [0.2, 0.25) is 0 Å². The van der Waals surface area contributed by atoms with E-state index in [9.17, 15) is 4.79 Å². The van der Waals surface area contributed by atoms with Gasteiger partial charge in [0.15, 0.2) is 5.65 Å². The molecule has 2 heterocycles. The zero-order valence-corrected chi connectivity index (χ0v) is 17.3. The molecule has 0 amide bonds. The second kappa shape index (κ2) is 10.0. The van der Waals surface area contributed by atoms with Gasteiger partial charge in [-0.1, -0.05) is 0 Å². The Bertz CT molecular complexity index is 935. The monoisotopic (exact) mass is 396 g/mol. The van der Waals surface area contributed by atoms with Crippen molar-refractivity contribution in [3.63, 3.8) is 0 Å². The van der Waals surface area contributed by atoms with Crippen LogP contribution in [0.1, 0.15) is 19.8 Å². The number of ether oxygens (including phenoxy) is 2. The van der Waals surface area contributed by atoms with Crippen LogP contribution >= 0.6 is 0 Å². The van der Waals surface area contributed by atoms with E-state index in [4.69, 9.17) is 14.6 Å². The SMILES string of the molecule is CCOC(=O)CCn1nc(-c2ccc(OCCCN(C)C)cc2)c2cccnc21. The van der Waals surface area contributed by atoms with Crippen LogP contribution in [0.25, 0.3) is 22.3 Å². The summed E-state index contributed by atoms with van der Waals surface area (Å²) in [5.41, 5.74) is 2.59. The molecule has 0 N–H and O–H groups in total. The lowest BCUT2D eigenvalue weighted by molar-refractivity contribution is -0.143. The summed E-state index contributed by atoms with van der Waals surface area (Å²) >= 11 is 0. The second-order valence-electron chi connectivity index (χ2n) is 7.03. The minimum atomic E-state index is -0.232. The lowest BCUT2D eigenvalue weighted by Crippen LogP contribution is -2.15. The molecule has 3 rings (SSSR count). The molecule has 2 aromatic heterocycles. The van der Waals surface area contributed by atoms with E-state index in [2.05, 4.69) is 24.0 Å². The quantitative estimate of drug-likeness (QED) is 0.387. The van der Waals surface area contributed by atoms with Crippen molar-refractivity contribution in [2.24, 2.45) is 0 Å². The Morgan fingerprint density at radius 1 is 1.17 bits per heavy atom. The molecule has 0 bridgehead atoms. The third kappa shape index (κ3) is 5.54. The van der Waals surface area contributed by atoms with E-state index in [-0.39, 0.29) is 12.4 Å². The number of aryl methyl sites for hydroxylation is 1. The number of fused-ring (bicyclic) bond motifs is 1. The Morgan fingerprint density at radius 2 is 1.97 bits per heavy atom. The van der Waals surface area contributed by atoms with Crippen molar-refractivity contribution in [3.8, 4) is 17.0 Å². The molecule has 1 aromatic carbocycles. The summed E-state index contributed by atoms with van der Waals surface area (Å²) in [4.78, 5) is 18.3. The van der Waals surface area contributed by atoms with Gasteiger partial charge in [0.2, 0.25) is 0 Å². The number of hydrogen-bond donors (Lipinski definition) is 0. The van der Waals surface area contributed by atoms with Crippen molar-refractivity contribution >= 4 is 17.0 Å². The van der Waals surface area contributed by atoms with Crippen LogP contribution in [-0.2, 0) is 16.1 Å². The molecule has 0 saturated heterocycles. The Labute approximate surface area is 171 Å². The molecule has 0 fully saturated rings. The van der Waals surface area contributed by atoms with Crippen LogP contribution in [0, 0.1) is 0 Å². The fraction of sp³-hybridized carbons (Fsp3) is 0.409. The third-order valence-electron chi connectivity index (χ3n) is 4.49. The standard InChI is InChI=1S/C22H28N4O3/c1-4-28-20(27)12-15-26-22-19(7-5-13-23-22)21(24-26)17-8-10-18(11-9-17)29-16-6-14-25(2)3/h5,7-11,13H,4,6,12,14-16H2,1-3H3. The highest BCUT2D eigenvalue weighted by Gasteiger charge is 2.14. The molecule has 3 aromatic rings. The normalized spacial score (nSPS) is 11.2. The fourth-order valence-corrected chi connectivity index (χ4v) is 3.09. The van der Waals surface area contributed by atoms with Gasteiger partial charge in [0, 0.05) is 23.7 Å². The van der Waals surface area contributed by atoms with Gasteiger partial charge in [0.25, 0.3) is 0 Å². The van der Waals surface area contributed by atoms with E-state index in [1.54, 1.807) is 17.8 Å². The summed E-state index contributed by atoms with van der Waals surface area (Å²) in [7, 11) is 4.11. The number of carbonyl (C=O) groups excluding carboxylic acids is 1. The first-order valence-electron chi connectivity index (χ1n) is 9.93. The maximum atomic E-state index is 11.7. The van der Waals surface area contributed by atoms with Crippen molar-refractivity contribution in [1.82, 2.24) is 19.7 Å². The number of nitrogens with zero attached hydrogens (tertiary/aromatic N) is 4. The van der Waals surface area contributed by atoms with Crippen molar-refractivity contribution in [1.29, 1.82) is 0 Å². The van der Waals surface area contributed by atoms with Gasteiger partial charge < -0.3 is 14.4 Å². The molecular weight excluding hydrogens is 368 g/mol. The fourth-order valence-electron chi connectivity index (χ4n) is 3.09. The number of esters is 1. The third-order valence-corrected chi connectivity index (χ3v) is 4.49. The van der Waals surface area contributed by atoms with Crippen LogP contribution in [0.15, 0.2) is 42.6 Å². The van der Waals surface area contributed by atoms with Crippen molar-refractivity contribution in [2.75, 3.05) is 33.9 Å². The molecular formula is C22H28N4O3. The van der Waals surface area contributed by atoms with Gasteiger partial charge in [0.05, 0.1) is 26.2 Å². The molecule has 0 aliphatic heterocycles. The average molecular weight is 396 g/mol. The summed E-state index contributed by atoms with van der Waals surface area (Å²) in [6, 6.07) is 11.8. The Kier molecular flexibility index (Phi) is 7.19. The van der Waals surface area contributed by atoms with Gasteiger partial charge in [-0.25, -0.2) is 9.67 Å². The van der Waals surface area contributed by atoms with E-state index in [0.717, 1.165) is 41.0 Å². The predicted octanol–water partition coefficient (Wildman–Crippen LogP) is 3.38. The van der Waals surface area contributed by atoms with E-state index in [1.807, 2.05) is 36.4 Å². The molecule has 0 saturated carbocycles. The summed E-state index contributed by atoms with van der Waals surface area (Å²) in [6.07, 6.45) is 2.98. The topological polar surface area (TPSA) is 69.5 Å². The number of hydrogen-bond acceptors (Lipinski definition) is 6. The molecule has 7 nitrogen and oxygen atoms in total. The molecule has 0 aliphatic carbocycles. The molecule has 154 valence electrons. The van der Waals surface area contributed by atoms with E-state index in [1.165, 1.54) is 0 Å². The summed E-state index contributed by atoms with van der Waals surface area (Å²) in [5, 5.41) is 5.67. The second-order valence-corrected chi connectivity index (χ2v) is 7.03. The first-order chi connectivity index (χ1) is 14.1. The maximum absolute atomic E-state index is 11.7. The zero-order valence-electron chi connectivity index (χ0n) is 17.3. The number of rotatable bonds is 10. The van der Waals surface area contributed by atoms with E-state index in [0.29, 0.717) is 19.8 Å². The Morgan fingerprint density at radius 3 is 2.69 bits per heavy atom. The number of pyridine rings is 1. The lowest BCUT2D eigenvalue weighted by Gasteiger charge is -2.10. The summed E-state index contributed by atoms with van der Waals surface area (Å²) in [5.74, 6) is 0.612.